The third-order valence-electron chi connectivity index (χ3n) is 5.40. The summed E-state index contributed by atoms with van der Waals surface area (Å²) in [6.07, 6.45) is 3.57. The molecule has 0 radical (unpaired) electrons. The largest absolute Gasteiger partial charge is 0.480 e. The van der Waals surface area contributed by atoms with Gasteiger partial charge in [0, 0.05) is 36.2 Å². The second-order valence-electron chi connectivity index (χ2n) is 8.21. The van der Waals surface area contributed by atoms with Crippen LogP contribution in [0, 0.1) is 5.41 Å². The number of carboxylic acids is 1. The number of guanidine groups is 1. The van der Waals surface area contributed by atoms with E-state index in [1.54, 1.807) is 11.8 Å². The highest BCUT2D eigenvalue weighted by Gasteiger charge is 2.27. The van der Waals surface area contributed by atoms with Gasteiger partial charge in [0.1, 0.15) is 6.04 Å². The van der Waals surface area contributed by atoms with Crippen LogP contribution in [-0.2, 0) is 14.4 Å². The summed E-state index contributed by atoms with van der Waals surface area (Å²) in [5, 5.41) is 22.0. The fraction of sp³-hybridized carbons (Fsp3) is 0.478. The minimum absolute atomic E-state index is 0.00704. The number of carbonyl (C=O) groups is 3. The number of unbranched alkanes of at least 4 members (excludes halogenated alkanes) is 1. The molecule has 0 fully saturated rings. The molecular formula is C23H34N6O4S. The average molecular weight is 491 g/mol. The minimum atomic E-state index is -1.07. The van der Waals surface area contributed by atoms with Gasteiger partial charge in [0.05, 0.1) is 6.04 Å². The quantitative estimate of drug-likeness (QED) is 0.0776. The first kappa shape index (κ1) is 27.2. The van der Waals surface area contributed by atoms with E-state index in [1.807, 2.05) is 36.4 Å². The topological polar surface area (TPSA) is 175 Å². The van der Waals surface area contributed by atoms with Crippen molar-refractivity contribution in [2.45, 2.75) is 54.8 Å². The molecule has 1 aliphatic rings. The fourth-order valence-corrected chi connectivity index (χ4v) is 4.54. The van der Waals surface area contributed by atoms with Crippen LogP contribution < -0.4 is 22.1 Å². The van der Waals surface area contributed by atoms with E-state index in [2.05, 4.69) is 10.6 Å². The van der Waals surface area contributed by atoms with Crippen molar-refractivity contribution in [1.82, 2.24) is 15.5 Å². The Morgan fingerprint density at radius 2 is 1.94 bits per heavy atom. The van der Waals surface area contributed by atoms with E-state index in [0.29, 0.717) is 38.9 Å². The fourth-order valence-electron chi connectivity index (χ4n) is 3.48. The normalized spacial score (nSPS) is 15.7. The van der Waals surface area contributed by atoms with Crippen molar-refractivity contribution < 1.29 is 19.5 Å². The number of amides is 2. The molecule has 11 heteroatoms. The molecule has 0 aliphatic carbocycles. The molecule has 186 valence electrons. The van der Waals surface area contributed by atoms with E-state index in [1.165, 1.54) is 11.8 Å². The molecule has 0 saturated carbocycles. The monoisotopic (exact) mass is 490 g/mol. The first-order valence-corrected chi connectivity index (χ1v) is 12.1. The maximum atomic E-state index is 12.3. The lowest BCUT2D eigenvalue weighted by molar-refractivity contribution is -0.141. The smallest absolute Gasteiger partial charge is 0.327 e. The van der Waals surface area contributed by atoms with E-state index < -0.39 is 18.1 Å². The van der Waals surface area contributed by atoms with Crippen LogP contribution in [0.25, 0.3) is 0 Å². The summed E-state index contributed by atoms with van der Waals surface area (Å²) in [5.41, 5.74) is 12.4. The molecule has 2 rings (SSSR count). The summed E-state index contributed by atoms with van der Waals surface area (Å²) in [7, 11) is 0. The van der Waals surface area contributed by atoms with Crippen molar-refractivity contribution in [3.8, 4) is 0 Å². The van der Waals surface area contributed by atoms with Crippen molar-refractivity contribution >= 4 is 35.5 Å². The van der Waals surface area contributed by atoms with Crippen LogP contribution in [0.4, 0.5) is 0 Å². The first-order valence-electron chi connectivity index (χ1n) is 11.2. The Kier molecular flexibility index (Phi) is 10.9. The molecule has 3 unspecified atom stereocenters. The Balaban J connectivity index is 1.64. The van der Waals surface area contributed by atoms with Gasteiger partial charge in [0.25, 0.3) is 0 Å². The number of aliphatic carboxylic acids is 1. The van der Waals surface area contributed by atoms with Gasteiger partial charge in [-0.25, -0.2) is 4.79 Å². The van der Waals surface area contributed by atoms with E-state index in [9.17, 15) is 19.5 Å². The molecule has 0 saturated heterocycles. The standard InChI is InChI=1S/C23H34N6O4S/c1-15(34-17-7-3-2-4-8-17)20(22(32)33)28-19(30)9-5-6-11-27-21(31)18(24)13-16-10-12-29(14-16)23(25)26/h2-4,7-8,10,15,18,20H,5-6,9,11-14,24H2,1H3,(H3,25,26)(H,27,31)(H,28,30)(H,32,33). The maximum absolute atomic E-state index is 12.3. The Labute approximate surface area is 204 Å². The van der Waals surface area contributed by atoms with E-state index in [4.69, 9.17) is 16.9 Å². The van der Waals surface area contributed by atoms with Crippen LogP contribution in [0.15, 0.2) is 46.9 Å². The lowest BCUT2D eigenvalue weighted by atomic mass is 10.1. The van der Waals surface area contributed by atoms with Crippen molar-refractivity contribution in [3.05, 3.63) is 42.0 Å². The number of benzene rings is 1. The third kappa shape index (κ3) is 9.06. The van der Waals surface area contributed by atoms with Crippen LogP contribution >= 0.6 is 11.8 Å². The van der Waals surface area contributed by atoms with Crippen molar-refractivity contribution in [2.75, 3.05) is 19.6 Å². The number of rotatable bonds is 13. The molecule has 1 heterocycles. The summed E-state index contributed by atoms with van der Waals surface area (Å²) in [4.78, 5) is 38.7. The van der Waals surface area contributed by atoms with Crippen LogP contribution in [-0.4, -0.2) is 70.7 Å². The zero-order valence-electron chi connectivity index (χ0n) is 19.3. The first-order chi connectivity index (χ1) is 16.2. The van der Waals surface area contributed by atoms with Gasteiger partial charge >= 0.3 is 5.97 Å². The number of thioether (sulfide) groups is 1. The van der Waals surface area contributed by atoms with Crippen molar-refractivity contribution in [3.63, 3.8) is 0 Å². The summed E-state index contributed by atoms with van der Waals surface area (Å²) >= 11 is 1.39. The Morgan fingerprint density at radius 1 is 1.24 bits per heavy atom. The van der Waals surface area contributed by atoms with Gasteiger partial charge in [-0.1, -0.05) is 36.8 Å². The molecule has 0 aromatic heterocycles. The zero-order valence-corrected chi connectivity index (χ0v) is 20.1. The number of hydrogen-bond donors (Lipinski definition) is 6. The number of nitrogens with one attached hydrogen (secondary N) is 3. The lowest BCUT2D eigenvalue weighted by Gasteiger charge is -2.21. The van der Waals surface area contributed by atoms with Gasteiger partial charge in [-0.3, -0.25) is 15.0 Å². The molecule has 1 aliphatic heterocycles. The lowest BCUT2D eigenvalue weighted by Crippen LogP contribution is -2.46. The number of carbonyl (C=O) groups excluding carboxylic acids is 2. The zero-order chi connectivity index (χ0) is 25.1. The average Bonchev–Trinajstić information content (AvgIpc) is 3.26. The number of nitrogens with zero attached hydrogens (tertiary/aromatic N) is 1. The second-order valence-corrected chi connectivity index (χ2v) is 9.66. The maximum Gasteiger partial charge on any atom is 0.327 e. The predicted octanol–water partition coefficient (Wildman–Crippen LogP) is 0.876. The second kappa shape index (κ2) is 13.6. The van der Waals surface area contributed by atoms with Gasteiger partial charge in [-0.2, -0.15) is 0 Å². The summed E-state index contributed by atoms with van der Waals surface area (Å²) in [6.45, 7) is 3.20. The molecule has 2 amide bonds. The van der Waals surface area contributed by atoms with Gasteiger partial charge in [-0.15, -0.1) is 11.8 Å². The van der Waals surface area contributed by atoms with E-state index in [-0.39, 0.29) is 29.4 Å². The molecular weight excluding hydrogens is 456 g/mol. The minimum Gasteiger partial charge on any atom is -0.480 e. The molecule has 0 spiro atoms. The Hall–Kier alpha value is -3.05. The van der Waals surface area contributed by atoms with Crippen LogP contribution in [0.1, 0.15) is 32.6 Å². The SMILES string of the molecule is CC(Sc1ccccc1)C(NC(=O)CCCCNC(=O)C(N)CC1=CCN(C(=N)N)C1)C(=O)O. The molecule has 34 heavy (non-hydrogen) atoms. The molecule has 1 aromatic carbocycles. The van der Waals surface area contributed by atoms with Crippen molar-refractivity contribution in [1.29, 1.82) is 5.41 Å². The highest BCUT2D eigenvalue weighted by molar-refractivity contribution is 8.00. The third-order valence-corrected chi connectivity index (χ3v) is 6.59. The van der Waals surface area contributed by atoms with E-state index in [0.717, 1.165) is 10.5 Å². The highest BCUT2D eigenvalue weighted by Crippen LogP contribution is 2.25. The molecule has 3 atom stereocenters. The predicted molar refractivity (Wildman–Crippen MR) is 132 cm³/mol. The number of nitrogens with two attached hydrogens (primary N) is 2. The summed E-state index contributed by atoms with van der Waals surface area (Å²) < 4.78 is 0. The van der Waals surface area contributed by atoms with Crippen LogP contribution in [0.5, 0.6) is 0 Å². The number of hydrogen-bond acceptors (Lipinski definition) is 6. The Bertz CT molecular complexity index is 895. The van der Waals surface area contributed by atoms with E-state index >= 15 is 0 Å². The van der Waals surface area contributed by atoms with Gasteiger partial charge < -0.3 is 32.1 Å². The van der Waals surface area contributed by atoms with Crippen molar-refractivity contribution in [2.24, 2.45) is 11.5 Å². The summed E-state index contributed by atoms with van der Waals surface area (Å²) in [6, 6.07) is 7.74. The van der Waals surface area contributed by atoms with Crippen LogP contribution in [0.3, 0.4) is 0 Å². The van der Waals surface area contributed by atoms with Crippen LogP contribution in [0.2, 0.25) is 0 Å². The Morgan fingerprint density at radius 3 is 2.56 bits per heavy atom. The van der Waals surface area contributed by atoms with Gasteiger partial charge in [0.15, 0.2) is 5.96 Å². The molecule has 8 N–H and O–H groups in total. The highest BCUT2D eigenvalue weighted by atomic mass is 32.2. The number of carboxylic acid groups (broad SMARTS) is 1. The van der Waals surface area contributed by atoms with Gasteiger partial charge in [-0.05, 0) is 31.4 Å². The summed E-state index contributed by atoms with van der Waals surface area (Å²) in [5.74, 6) is -1.69. The molecule has 1 aromatic rings. The van der Waals surface area contributed by atoms with Gasteiger partial charge in [0.2, 0.25) is 11.8 Å². The molecule has 0 bridgehead atoms. The molecule has 10 nitrogen and oxygen atoms in total.